The Hall–Kier alpha value is -0.870. The van der Waals surface area contributed by atoms with Crippen molar-refractivity contribution in [1.29, 1.82) is 0 Å². The Morgan fingerprint density at radius 2 is 2.19 bits per heavy atom. The molecule has 3 rings (SSSR count). The summed E-state index contributed by atoms with van der Waals surface area (Å²) in [6.45, 7) is 3.69. The molecule has 2 aliphatic rings. The highest BCUT2D eigenvalue weighted by molar-refractivity contribution is 7.07. The van der Waals surface area contributed by atoms with Crippen LogP contribution in [0.5, 0.6) is 0 Å². The molecule has 2 heterocycles. The van der Waals surface area contributed by atoms with Crippen LogP contribution in [0.4, 0.5) is 0 Å². The standard InChI is InChI=1S/C17H26N2OS/c1-13-4-7-17(12-18,8-5-13)16(20)19-9-2-3-15(19)14-6-10-21-11-14/h6,10-11,13,15H,2-5,7-9,12,18H2,1H3. The van der Waals surface area contributed by atoms with Crippen LogP contribution in [0.25, 0.3) is 0 Å². The van der Waals surface area contributed by atoms with E-state index in [1.54, 1.807) is 11.3 Å². The van der Waals surface area contributed by atoms with Gasteiger partial charge in [0, 0.05) is 13.1 Å². The Labute approximate surface area is 131 Å². The first-order valence-corrected chi connectivity index (χ1v) is 9.14. The van der Waals surface area contributed by atoms with Crippen LogP contribution in [0, 0.1) is 11.3 Å². The van der Waals surface area contributed by atoms with Crippen molar-refractivity contribution in [2.75, 3.05) is 13.1 Å². The fraction of sp³-hybridized carbons (Fsp3) is 0.706. The van der Waals surface area contributed by atoms with E-state index in [9.17, 15) is 4.79 Å². The third kappa shape index (κ3) is 2.76. The maximum Gasteiger partial charge on any atom is 0.230 e. The fourth-order valence-electron chi connectivity index (χ4n) is 3.95. The fourth-order valence-corrected chi connectivity index (χ4v) is 4.65. The minimum Gasteiger partial charge on any atom is -0.335 e. The van der Waals surface area contributed by atoms with Crippen molar-refractivity contribution in [3.05, 3.63) is 22.4 Å². The van der Waals surface area contributed by atoms with Gasteiger partial charge in [-0.2, -0.15) is 11.3 Å². The average molecular weight is 306 g/mol. The molecule has 1 amide bonds. The summed E-state index contributed by atoms with van der Waals surface area (Å²) in [6, 6.07) is 2.45. The number of carbonyl (C=O) groups excluding carboxylic acids is 1. The van der Waals surface area contributed by atoms with Gasteiger partial charge in [0.2, 0.25) is 5.91 Å². The van der Waals surface area contributed by atoms with Crippen molar-refractivity contribution in [3.63, 3.8) is 0 Å². The molecule has 2 N–H and O–H groups in total. The molecule has 0 spiro atoms. The molecule has 0 aromatic carbocycles. The number of hydrogen-bond donors (Lipinski definition) is 1. The van der Waals surface area contributed by atoms with Crippen molar-refractivity contribution >= 4 is 17.2 Å². The monoisotopic (exact) mass is 306 g/mol. The Bertz CT molecular complexity index is 477. The van der Waals surface area contributed by atoms with Gasteiger partial charge >= 0.3 is 0 Å². The number of nitrogens with zero attached hydrogens (tertiary/aromatic N) is 1. The maximum absolute atomic E-state index is 13.2. The maximum atomic E-state index is 13.2. The van der Waals surface area contributed by atoms with Crippen LogP contribution in [0.1, 0.15) is 57.1 Å². The highest BCUT2D eigenvalue weighted by Crippen LogP contribution is 2.43. The van der Waals surface area contributed by atoms with E-state index in [0.717, 1.165) is 51.0 Å². The van der Waals surface area contributed by atoms with E-state index in [-0.39, 0.29) is 11.5 Å². The second-order valence-electron chi connectivity index (χ2n) is 6.88. The number of carbonyl (C=O) groups is 1. The van der Waals surface area contributed by atoms with Gasteiger partial charge in [-0.05, 0) is 66.8 Å². The minimum absolute atomic E-state index is 0.284. The molecule has 1 unspecified atom stereocenters. The van der Waals surface area contributed by atoms with Gasteiger partial charge in [-0.1, -0.05) is 6.92 Å². The van der Waals surface area contributed by atoms with Gasteiger partial charge < -0.3 is 10.6 Å². The second kappa shape index (κ2) is 6.09. The summed E-state index contributed by atoms with van der Waals surface area (Å²) in [7, 11) is 0. The number of nitrogens with two attached hydrogens (primary N) is 1. The topological polar surface area (TPSA) is 46.3 Å². The summed E-state index contributed by atoms with van der Waals surface area (Å²) >= 11 is 1.72. The average Bonchev–Trinajstić information content (AvgIpc) is 3.18. The largest absolute Gasteiger partial charge is 0.335 e. The van der Waals surface area contributed by atoms with E-state index in [4.69, 9.17) is 5.73 Å². The number of thiophene rings is 1. The number of amides is 1. The Morgan fingerprint density at radius 3 is 2.81 bits per heavy atom. The Kier molecular flexibility index (Phi) is 4.36. The normalized spacial score (nSPS) is 33.3. The van der Waals surface area contributed by atoms with Gasteiger partial charge in [-0.15, -0.1) is 0 Å². The summed E-state index contributed by atoms with van der Waals surface area (Å²) in [5, 5.41) is 4.30. The zero-order chi connectivity index (χ0) is 14.9. The molecule has 1 aromatic heterocycles. The summed E-state index contributed by atoms with van der Waals surface area (Å²) in [6.07, 6.45) is 6.43. The molecule has 116 valence electrons. The van der Waals surface area contributed by atoms with Crippen LogP contribution in [0.2, 0.25) is 0 Å². The third-order valence-corrected chi connectivity index (χ3v) is 6.22. The predicted molar refractivity (Wildman–Crippen MR) is 87.1 cm³/mol. The molecular formula is C17H26N2OS. The predicted octanol–water partition coefficient (Wildman–Crippen LogP) is 3.57. The lowest BCUT2D eigenvalue weighted by Crippen LogP contribution is -2.49. The quantitative estimate of drug-likeness (QED) is 0.928. The molecule has 0 radical (unpaired) electrons. The van der Waals surface area contributed by atoms with Crippen molar-refractivity contribution in [2.45, 2.75) is 51.5 Å². The van der Waals surface area contributed by atoms with E-state index >= 15 is 0 Å². The molecule has 3 nitrogen and oxygen atoms in total. The summed E-state index contributed by atoms with van der Waals surface area (Å²) in [5.74, 6) is 1.06. The first kappa shape index (κ1) is 15.0. The minimum atomic E-state index is -0.287. The first-order valence-electron chi connectivity index (χ1n) is 8.19. The van der Waals surface area contributed by atoms with Gasteiger partial charge in [-0.25, -0.2) is 0 Å². The van der Waals surface area contributed by atoms with E-state index in [1.807, 2.05) is 0 Å². The molecule has 1 aromatic rings. The molecule has 1 saturated heterocycles. The van der Waals surface area contributed by atoms with Gasteiger partial charge in [0.05, 0.1) is 11.5 Å². The van der Waals surface area contributed by atoms with Crippen LogP contribution >= 0.6 is 11.3 Å². The van der Waals surface area contributed by atoms with E-state index in [0.29, 0.717) is 12.5 Å². The highest BCUT2D eigenvalue weighted by Gasteiger charge is 2.45. The molecule has 1 aliphatic heterocycles. The van der Waals surface area contributed by atoms with E-state index in [2.05, 4.69) is 28.7 Å². The molecule has 1 atom stereocenters. The Balaban J connectivity index is 1.79. The van der Waals surface area contributed by atoms with Crippen LogP contribution in [-0.2, 0) is 4.79 Å². The zero-order valence-corrected chi connectivity index (χ0v) is 13.7. The molecule has 2 fully saturated rings. The first-order chi connectivity index (χ1) is 10.2. The smallest absolute Gasteiger partial charge is 0.230 e. The van der Waals surface area contributed by atoms with E-state index in [1.165, 1.54) is 5.56 Å². The number of likely N-dealkylation sites (tertiary alicyclic amines) is 1. The van der Waals surface area contributed by atoms with E-state index < -0.39 is 0 Å². The molecular weight excluding hydrogens is 280 g/mol. The second-order valence-corrected chi connectivity index (χ2v) is 7.66. The van der Waals surface area contributed by atoms with Gasteiger partial charge in [-0.3, -0.25) is 4.79 Å². The highest BCUT2D eigenvalue weighted by atomic mass is 32.1. The molecule has 4 heteroatoms. The zero-order valence-electron chi connectivity index (χ0n) is 12.9. The van der Waals surface area contributed by atoms with Crippen molar-refractivity contribution in [3.8, 4) is 0 Å². The molecule has 21 heavy (non-hydrogen) atoms. The lowest BCUT2D eigenvalue weighted by atomic mass is 9.70. The van der Waals surface area contributed by atoms with Crippen LogP contribution < -0.4 is 5.73 Å². The van der Waals surface area contributed by atoms with Gasteiger partial charge in [0.1, 0.15) is 0 Å². The van der Waals surface area contributed by atoms with Crippen molar-refractivity contribution in [2.24, 2.45) is 17.1 Å². The van der Waals surface area contributed by atoms with Gasteiger partial charge in [0.25, 0.3) is 0 Å². The lowest BCUT2D eigenvalue weighted by molar-refractivity contribution is -0.145. The van der Waals surface area contributed by atoms with Crippen LogP contribution in [0.3, 0.4) is 0 Å². The number of hydrogen-bond acceptors (Lipinski definition) is 3. The van der Waals surface area contributed by atoms with Crippen LogP contribution in [-0.4, -0.2) is 23.9 Å². The number of rotatable bonds is 3. The molecule has 1 aliphatic carbocycles. The molecule has 0 bridgehead atoms. The third-order valence-electron chi connectivity index (χ3n) is 5.52. The van der Waals surface area contributed by atoms with Crippen molar-refractivity contribution < 1.29 is 4.79 Å². The van der Waals surface area contributed by atoms with Gasteiger partial charge in [0.15, 0.2) is 0 Å². The van der Waals surface area contributed by atoms with Crippen LogP contribution in [0.15, 0.2) is 16.8 Å². The molecule has 1 saturated carbocycles. The van der Waals surface area contributed by atoms with Crippen molar-refractivity contribution in [1.82, 2.24) is 4.90 Å². The Morgan fingerprint density at radius 1 is 1.43 bits per heavy atom. The summed E-state index contributed by atoms with van der Waals surface area (Å²) in [5.41, 5.74) is 7.09. The lowest BCUT2D eigenvalue weighted by Gasteiger charge is -2.41. The SMILES string of the molecule is CC1CCC(CN)(C(=O)N2CCCC2c2ccsc2)CC1. The summed E-state index contributed by atoms with van der Waals surface area (Å²) in [4.78, 5) is 15.3. The summed E-state index contributed by atoms with van der Waals surface area (Å²) < 4.78 is 0.